The molecule has 118 valence electrons. The van der Waals surface area contributed by atoms with Crippen LogP contribution in [0.4, 0.5) is 5.69 Å². The number of piperidine rings is 1. The SMILES string of the molecule is CCCCCCN1CCC(CC)(c2cccc(N)c2)CC1. The Labute approximate surface area is 130 Å². The van der Waals surface area contributed by atoms with Crippen molar-refractivity contribution in [1.82, 2.24) is 4.90 Å². The molecule has 1 aliphatic rings. The highest BCUT2D eigenvalue weighted by Gasteiger charge is 2.34. The van der Waals surface area contributed by atoms with Gasteiger partial charge in [0.25, 0.3) is 0 Å². The van der Waals surface area contributed by atoms with Gasteiger partial charge in [0.15, 0.2) is 0 Å². The predicted octanol–water partition coefficient (Wildman–Crippen LogP) is 4.59. The van der Waals surface area contributed by atoms with Crippen molar-refractivity contribution in [2.75, 3.05) is 25.4 Å². The van der Waals surface area contributed by atoms with E-state index in [4.69, 9.17) is 5.73 Å². The van der Waals surface area contributed by atoms with E-state index >= 15 is 0 Å². The van der Waals surface area contributed by atoms with Crippen molar-refractivity contribution in [3.8, 4) is 0 Å². The molecule has 0 bridgehead atoms. The van der Waals surface area contributed by atoms with Crippen molar-refractivity contribution in [2.45, 2.75) is 64.2 Å². The lowest BCUT2D eigenvalue weighted by Crippen LogP contribution is -2.42. The van der Waals surface area contributed by atoms with Crippen LogP contribution in [0.5, 0.6) is 0 Å². The molecule has 0 aromatic heterocycles. The maximum atomic E-state index is 5.99. The van der Waals surface area contributed by atoms with Gasteiger partial charge in [0.05, 0.1) is 0 Å². The first-order chi connectivity index (χ1) is 10.2. The Kier molecular flexibility index (Phi) is 6.10. The van der Waals surface area contributed by atoms with Crippen molar-refractivity contribution >= 4 is 5.69 Å². The average Bonchev–Trinajstić information content (AvgIpc) is 2.52. The maximum Gasteiger partial charge on any atom is 0.0316 e. The third-order valence-corrected chi connectivity index (χ3v) is 5.32. The highest BCUT2D eigenvalue weighted by molar-refractivity contribution is 5.43. The lowest BCUT2D eigenvalue weighted by molar-refractivity contribution is 0.153. The summed E-state index contributed by atoms with van der Waals surface area (Å²) in [7, 11) is 0. The van der Waals surface area contributed by atoms with Gasteiger partial charge >= 0.3 is 0 Å². The first-order valence-corrected chi connectivity index (χ1v) is 8.78. The molecule has 1 heterocycles. The Balaban J connectivity index is 1.90. The van der Waals surface area contributed by atoms with E-state index in [-0.39, 0.29) is 0 Å². The van der Waals surface area contributed by atoms with Crippen molar-refractivity contribution in [2.24, 2.45) is 0 Å². The molecule has 2 nitrogen and oxygen atoms in total. The summed E-state index contributed by atoms with van der Waals surface area (Å²) in [5.41, 5.74) is 8.71. The van der Waals surface area contributed by atoms with Gasteiger partial charge in [-0.05, 0) is 68.4 Å². The second-order valence-corrected chi connectivity index (χ2v) is 6.66. The second-order valence-electron chi connectivity index (χ2n) is 6.66. The number of nitrogens with two attached hydrogens (primary N) is 1. The summed E-state index contributed by atoms with van der Waals surface area (Å²) < 4.78 is 0. The van der Waals surface area contributed by atoms with Gasteiger partial charge in [0.2, 0.25) is 0 Å². The van der Waals surface area contributed by atoms with Crippen molar-refractivity contribution in [3.63, 3.8) is 0 Å². The molecule has 0 unspecified atom stereocenters. The molecule has 0 atom stereocenters. The molecular formula is C19H32N2. The van der Waals surface area contributed by atoms with Crippen LogP contribution in [0.1, 0.15) is 64.4 Å². The standard InChI is InChI=1S/C19H32N2/c1-3-5-6-7-13-21-14-11-19(4-2,12-15-21)17-9-8-10-18(20)16-17/h8-10,16H,3-7,11-15,20H2,1-2H3. The molecule has 0 spiro atoms. The summed E-state index contributed by atoms with van der Waals surface area (Å²) >= 11 is 0. The van der Waals surface area contributed by atoms with Gasteiger partial charge < -0.3 is 10.6 Å². The molecule has 1 aliphatic heterocycles. The Morgan fingerprint density at radius 2 is 1.86 bits per heavy atom. The summed E-state index contributed by atoms with van der Waals surface area (Å²) in [5, 5.41) is 0. The van der Waals surface area contributed by atoms with Crippen LogP contribution in [0, 0.1) is 0 Å². The quantitative estimate of drug-likeness (QED) is 0.587. The average molecular weight is 288 g/mol. The van der Waals surface area contributed by atoms with Crippen LogP contribution in [-0.2, 0) is 5.41 Å². The summed E-state index contributed by atoms with van der Waals surface area (Å²) in [6, 6.07) is 8.58. The zero-order chi connectivity index (χ0) is 15.1. The van der Waals surface area contributed by atoms with Crippen LogP contribution in [0.2, 0.25) is 0 Å². The van der Waals surface area contributed by atoms with Crippen LogP contribution in [0.25, 0.3) is 0 Å². The van der Waals surface area contributed by atoms with Gasteiger partial charge in [-0.15, -0.1) is 0 Å². The first kappa shape index (κ1) is 16.4. The van der Waals surface area contributed by atoms with Crippen molar-refractivity contribution in [1.29, 1.82) is 0 Å². The molecule has 0 amide bonds. The van der Waals surface area contributed by atoms with E-state index in [0.717, 1.165) is 5.69 Å². The van der Waals surface area contributed by atoms with E-state index in [1.54, 1.807) is 0 Å². The largest absolute Gasteiger partial charge is 0.399 e. The van der Waals surface area contributed by atoms with Gasteiger partial charge in [-0.25, -0.2) is 0 Å². The topological polar surface area (TPSA) is 29.3 Å². The van der Waals surface area contributed by atoms with Crippen LogP contribution < -0.4 is 5.73 Å². The lowest BCUT2D eigenvalue weighted by Gasteiger charge is -2.42. The summed E-state index contributed by atoms with van der Waals surface area (Å²) in [4.78, 5) is 2.66. The van der Waals surface area contributed by atoms with Crippen molar-refractivity contribution in [3.05, 3.63) is 29.8 Å². The van der Waals surface area contributed by atoms with E-state index in [2.05, 4.69) is 36.9 Å². The molecule has 2 N–H and O–H groups in total. The van der Waals surface area contributed by atoms with Crippen LogP contribution >= 0.6 is 0 Å². The van der Waals surface area contributed by atoms with Gasteiger partial charge in [0, 0.05) is 5.69 Å². The monoisotopic (exact) mass is 288 g/mol. The van der Waals surface area contributed by atoms with Gasteiger partial charge in [-0.1, -0.05) is 45.2 Å². The number of nitrogen functional groups attached to an aromatic ring is 1. The smallest absolute Gasteiger partial charge is 0.0316 e. The summed E-state index contributed by atoms with van der Waals surface area (Å²) in [6.45, 7) is 8.39. The Morgan fingerprint density at radius 1 is 1.10 bits per heavy atom. The molecule has 2 heteroatoms. The van der Waals surface area contributed by atoms with E-state index < -0.39 is 0 Å². The molecule has 1 saturated heterocycles. The summed E-state index contributed by atoms with van der Waals surface area (Å²) in [6.07, 6.45) is 9.25. The molecule has 0 radical (unpaired) electrons. The normalized spacial score (nSPS) is 18.8. The van der Waals surface area contributed by atoms with E-state index in [9.17, 15) is 0 Å². The molecule has 0 aliphatic carbocycles. The third kappa shape index (κ3) is 4.23. The van der Waals surface area contributed by atoms with Crippen LogP contribution in [-0.4, -0.2) is 24.5 Å². The molecule has 1 fully saturated rings. The fraction of sp³-hybridized carbons (Fsp3) is 0.684. The Bertz CT molecular complexity index is 419. The number of rotatable bonds is 7. The number of hydrogen-bond acceptors (Lipinski definition) is 2. The number of hydrogen-bond donors (Lipinski definition) is 1. The molecule has 1 aromatic rings. The van der Waals surface area contributed by atoms with Gasteiger partial charge in [-0.3, -0.25) is 0 Å². The lowest BCUT2D eigenvalue weighted by atomic mass is 9.71. The van der Waals surface area contributed by atoms with E-state index in [1.165, 1.54) is 70.1 Å². The highest BCUT2D eigenvalue weighted by atomic mass is 15.1. The fourth-order valence-corrected chi connectivity index (χ4v) is 3.68. The zero-order valence-corrected chi connectivity index (χ0v) is 13.9. The molecule has 1 aromatic carbocycles. The maximum absolute atomic E-state index is 5.99. The Hall–Kier alpha value is -1.02. The van der Waals surface area contributed by atoms with E-state index in [0.29, 0.717) is 5.41 Å². The first-order valence-electron chi connectivity index (χ1n) is 8.78. The molecular weight excluding hydrogens is 256 g/mol. The number of anilines is 1. The van der Waals surface area contributed by atoms with Crippen LogP contribution in [0.15, 0.2) is 24.3 Å². The highest BCUT2D eigenvalue weighted by Crippen LogP contribution is 2.39. The minimum atomic E-state index is 0.356. The molecule has 2 rings (SSSR count). The van der Waals surface area contributed by atoms with Gasteiger partial charge in [-0.2, -0.15) is 0 Å². The van der Waals surface area contributed by atoms with Crippen molar-refractivity contribution < 1.29 is 0 Å². The molecule has 0 saturated carbocycles. The Morgan fingerprint density at radius 3 is 2.48 bits per heavy atom. The zero-order valence-electron chi connectivity index (χ0n) is 13.9. The second kappa shape index (κ2) is 7.84. The predicted molar refractivity (Wildman–Crippen MR) is 92.6 cm³/mol. The molecule has 21 heavy (non-hydrogen) atoms. The third-order valence-electron chi connectivity index (χ3n) is 5.32. The summed E-state index contributed by atoms with van der Waals surface area (Å²) in [5.74, 6) is 0. The number of nitrogens with zero attached hydrogens (tertiary/aromatic N) is 1. The minimum Gasteiger partial charge on any atom is -0.399 e. The number of unbranched alkanes of at least 4 members (excludes halogenated alkanes) is 3. The number of benzene rings is 1. The van der Waals surface area contributed by atoms with Gasteiger partial charge in [0.1, 0.15) is 0 Å². The number of likely N-dealkylation sites (tertiary alicyclic amines) is 1. The fourth-order valence-electron chi connectivity index (χ4n) is 3.68. The minimum absolute atomic E-state index is 0.356. The van der Waals surface area contributed by atoms with E-state index in [1.807, 2.05) is 6.07 Å². The van der Waals surface area contributed by atoms with Crippen LogP contribution in [0.3, 0.4) is 0 Å².